The number of carbonyl (C=O) groups is 4. The Hall–Kier alpha value is -5.50. The van der Waals surface area contributed by atoms with Crippen molar-refractivity contribution in [2.24, 2.45) is 5.92 Å². The second-order valence-corrected chi connectivity index (χ2v) is 10.8. The van der Waals surface area contributed by atoms with Gasteiger partial charge in [0, 0.05) is 43.0 Å². The van der Waals surface area contributed by atoms with Crippen molar-refractivity contribution in [2.75, 3.05) is 0 Å². The van der Waals surface area contributed by atoms with Crippen molar-refractivity contribution in [2.45, 2.75) is 50.2 Å². The number of nitrogens with zero attached hydrogens (tertiary/aromatic N) is 2. The summed E-state index contributed by atoms with van der Waals surface area (Å²) in [5.41, 5.74) is 6.42. The summed E-state index contributed by atoms with van der Waals surface area (Å²) >= 11 is 0. The number of nitrogens with one attached hydrogen (secondary N) is 4. The minimum absolute atomic E-state index is 0.0215. The summed E-state index contributed by atoms with van der Waals surface area (Å²) in [6.45, 7) is 0. The van der Waals surface area contributed by atoms with Crippen LogP contribution in [0, 0.1) is 5.92 Å². The molecule has 236 valence electrons. The molecule has 4 unspecified atom stereocenters. The van der Waals surface area contributed by atoms with Crippen molar-refractivity contribution < 1.29 is 40.2 Å². The number of hydrogen-bond donors (Lipinski definition) is 8. The summed E-state index contributed by atoms with van der Waals surface area (Å²) < 4.78 is 0. The highest BCUT2D eigenvalue weighted by Gasteiger charge is 2.32. The molecule has 0 fully saturated rings. The van der Waals surface area contributed by atoms with E-state index in [1.165, 1.54) is 43.1 Å². The molecule has 2 amide bonds. The number of ketones is 1. The Morgan fingerprint density at radius 3 is 1.69 bits per heavy atom. The van der Waals surface area contributed by atoms with Gasteiger partial charge >= 0.3 is 5.97 Å². The van der Waals surface area contributed by atoms with E-state index < -0.39 is 47.6 Å². The number of Topliss-reactive ketones (excluding diaryl/α,β-unsaturated/α-hetero) is 1. The van der Waals surface area contributed by atoms with Crippen LogP contribution in [0.4, 0.5) is 0 Å². The monoisotopic (exact) mass is 618 g/mol. The molecule has 4 aromatic rings. The largest absolute Gasteiger partial charge is 0.508 e. The molecule has 4 atom stereocenters. The van der Waals surface area contributed by atoms with Gasteiger partial charge in [0.25, 0.3) is 5.91 Å². The van der Waals surface area contributed by atoms with Gasteiger partial charge in [-0.1, -0.05) is 24.3 Å². The van der Waals surface area contributed by atoms with E-state index in [-0.39, 0.29) is 43.6 Å². The fourth-order valence-corrected chi connectivity index (χ4v) is 4.82. The van der Waals surface area contributed by atoms with Crippen molar-refractivity contribution in [1.82, 2.24) is 30.6 Å². The van der Waals surface area contributed by atoms with Gasteiger partial charge in [-0.25, -0.2) is 14.8 Å². The number of rotatable bonds is 16. The number of hydrogen-bond acceptors (Lipinski definition) is 8. The zero-order valence-electron chi connectivity index (χ0n) is 24.3. The van der Waals surface area contributed by atoms with E-state index in [2.05, 4.69) is 36.3 Å². The quantitative estimate of drug-likeness (QED) is 0.0845. The number of phenolic OH excluding ortho intramolecular Hbond substituents is 2. The average Bonchev–Trinajstić information content (AvgIpc) is 3.73. The molecule has 0 saturated carbocycles. The maximum Gasteiger partial charge on any atom is 0.326 e. The zero-order chi connectivity index (χ0) is 32.3. The molecule has 2 aromatic carbocycles. The molecular formula is C31H36N7O7+. The molecular weight excluding hydrogens is 582 g/mol. The van der Waals surface area contributed by atoms with Crippen LogP contribution in [0.2, 0.25) is 0 Å². The number of imidazole rings is 2. The summed E-state index contributed by atoms with van der Waals surface area (Å²) in [7, 11) is 0. The number of carbonyl (C=O) groups excluding carboxylic acids is 3. The van der Waals surface area contributed by atoms with E-state index in [4.69, 9.17) is 0 Å². The van der Waals surface area contributed by atoms with Gasteiger partial charge < -0.3 is 41.7 Å². The third kappa shape index (κ3) is 9.76. The van der Waals surface area contributed by atoms with Crippen LogP contribution >= 0.6 is 0 Å². The van der Waals surface area contributed by atoms with Crippen molar-refractivity contribution in [3.63, 3.8) is 0 Å². The highest BCUT2D eigenvalue weighted by molar-refractivity contribution is 5.94. The Bertz CT molecular complexity index is 1560. The average molecular weight is 619 g/mol. The van der Waals surface area contributed by atoms with E-state index in [0.717, 1.165) is 0 Å². The van der Waals surface area contributed by atoms with Gasteiger partial charge in [-0.2, -0.15) is 0 Å². The molecule has 45 heavy (non-hydrogen) atoms. The van der Waals surface area contributed by atoms with Gasteiger partial charge in [0.1, 0.15) is 17.5 Å². The second-order valence-electron chi connectivity index (χ2n) is 10.8. The number of carboxylic acid groups (broad SMARTS) is 1. The van der Waals surface area contributed by atoms with Gasteiger partial charge in [-0.05, 0) is 41.8 Å². The lowest BCUT2D eigenvalue weighted by Gasteiger charge is -2.23. The first-order valence-electron chi connectivity index (χ1n) is 14.3. The summed E-state index contributed by atoms with van der Waals surface area (Å²) in [4.78, 5) is 66.4. The molecule has 10 N–H and O–H groups in total. The SMILES string of the molecule is [NH3+]C(Cc1cnc[nH]1)C(=O)NC(Cc1ccc(O)cc1)C(=O)CC(Cc1cnc[nH]1)C(=O)NC(Cc1ccc(O)cc1)C(=O)O. The standard InChI is InChI=1S/C31H35N7O7/c32-25(13-22-15-34-17-36-22)30(43)37-26(9-18-1-5-23(39)6-2-18)28(41)12-20(11-21-14-33-16-35-21)29(42)38-27(31(44)45)10-19-3-7-24(40)8-4-19/h1-8,14-17,20,25-27,39-40H,9-13,32H2,(H,33,35)(H,34,36)(H,37,43)(H,38,42)(H,44,45)/p+1. The first-order valence-corrected chi connectivity index (χ1v) is 14.3. The fraction of sp³-hybridized carbons (Fsp3) is 0.290. The Balaban J connectivity index is 1.53. The van der Waals surface area contributed by atoms with Crippen LogP contribution in [0.1, 0.15) is 28.9 Å². The van der Waals surface area contributed by atoms with Crippen molar-refractivity contribution in [3.05, 3.63) is 96.1 Å². The minimum atomic E-state index is -1.30. The summed E-state index contributed by atoms with van der Waals surface area (Å²) in [6, 6.07) is 9.05. The van der Waals surface area contributed by atoms with Crippen LogP contribution in [0.25, 0.3) is 0 Å². The molecule has 0 bridgehead atoms. The Kier molecular flexibility index (Phi) is 11.0. The molecule has 2 heterocycles. The van der Waals surface area contributed by atoms with E-state index >= 15 is 0 Å². The summed E-state index contributed by atoms with van der Waals surface area (Å²) in [5.74, 6) is -3.79. The summed E-state index contributed by atoms with van der Waals surface area (Å²) in [5, 5.41) is 34.4. The van der Waals surface area contributed by atoms with Gasteiger partial charge in [-0.15, -0.1) is 0 Å². The number of aliphatic carboxylic acids is 1. The molecule has 0 radical (unpaired) electrons. The van der Waals surface area contributed by atoms with Gasteiger partial charge in [0.15, 0.2) is 11.8 Å². The van der Waals surface area contributed by atoms with E-state index in [0.29, 0.717) is 22.5 Å². The normalized spacial score (nSPS) is 13.7. The van der Waals surface area contributed by atoms with E-state index in [1.54, 1.807) is 30.5 Å². The smallest absolute Gasteiger partial charge is 0.326 e. The van der Waals surface area contributed by atoms with Crippen LogP contribution in [0.3, 0.4) is 0 Å². The maximum atomic E-state index is 13.8. The molecule has 0 aliphatic rings. The Morgan fingerprint density at radius 2 is 1.20 bits per heavy atom. The predicted octanol–water partition coefficient (Wildman–Crippen LogP) is 0.0547. The molecule has 0 aliphatic heterocycles. The fourth-order valence-electron chi connectivity index (χ4n) is 4.82. The molecule has 0 spiro atoms. The lowest BCUT2D eigenvalue weighted by molar-refractivity contribution is -0.403. The van der Waals surface area contributed by atoms with E-state index in [9.17, 15) is 34.5 Å². The zero-order valence-corrected chi connectivity index (χ0v) is 24.3. The highest BCUT2D eigenvalue weighted by Crippen LogP contribution is 2.18. The number of aromatic amines is 2. The summed E-state index contributed by atoms with van der Waals surface area (Å²) in [6.07, 6.45) is 6.03. The Morgan fingerprint density at radius 1 is 0.711 bits per heavy atom. The number of aromatic hydroxyl groups is 2. The number of phenols is 2. The number of quaternary nitrogens is 1. The van der Waals surface area contributed by atoms with Gasteiger partial charge in [-0.3, -0.25) is 14.4 Å². The van der Waals surface area contributed by atoms with E-state index in [1.807, 2.05) is 0 Å². The van der Waals surface area contributed by atoms with Gasteiger partial charge in [0.05, 0.1) is 31.0 Å². The number of H-pyrrole nitrogens is 2. The highest BCUT2D eigenvalue weighted by atomic mass is 16.4. The Labute approximate surface area is 258 Å². The number of amides is 2. The molecule has 14 nitrogen and oxygen atoms in total. The van der Waals surface area contributed by atoms with Crippen LogP contribution in [-0.2, 0) is 44.9 Å². The molecule has 0 aliphatic carbocycles. The number of aromatic nitrogens is 4. The van der Waals surface area contributed by atoms with Crippen LogP contribution in [0.5, 0.6) is 11.5 Å². The minimum Gasteiger partial charge on any atom is -0.508 e. The first kappa shape index (κ1) is 32.4. The first-order chi connectivity index (χ1) is 21.6. The van der Waals surface area contributed by atoms with Crippen LogP contribution in [-0.4, -0.2) is 76.9 Å². The maximum absolute atomic E-state index is 13.8. The molecule has 0 saturated heterocycles. The molecule has 2 aromatic heterocycles. The molecule has 14 heteroatoms. The topological polar surface area (TPSA) is 238 Å². The van der Waals surface area contributed by atoms with Crippen molar-refractivity contribution >= 4 is 23.6 Å². The predicted molar refractivity (Wildman–Crippen MR) is 159 cm³/mol. The van der Waals surface area contributed by atoms with Crippen LogP contribution in [0.15, 0.2) is 73.6 Å². The van der Waals surface area contributed by atoms with Crippen LogP contribution < -0.4 is 16.4 Å². The third-order valence-corrected chi connectivity index (χ3v) is 7.30. The third-order valence-electron chi connectivity index (χ3n) is 7.30. The number of carboxylic acids is 1. The lowest BCUT2D eigenvalue weighted by atomic mass is 9.90. The second kappa shape index (κ2) is 15.3. The lowest BCUT2D eigenvalue weighted by Crippen LogP contribution is -2.69. The van der Waals surface area contributed by atoms with Crippen molar-refractivity contribution in [1.29, 1.82) is 0 Å². The molecule has 4 rings (SSSR count). The number of benzene rings is 2. The van der Waals surface area contributed by atoms with Gasteiger partial charge in [0.2, 0.25) is 5.91 Å². The van der Waals surface area contributed by atoms with Crippen molar-refractivity contribution in [3.8, 4) is 11.5 Å².